The van der Waals surface area contributed by atoms with Crippen LogP contribution in [0.1, 0.15) is 6.92 Å². The van der Waals surface area contributed by atoms with Crippen LogP contribution in [0, 0.1) is 0 Å². The number of nitrogens with zero attached hydrogens (tertiary/aromatic N) is 1. The Morgan fingerprint density at radius 1 is 1.57 bits per heavy atom. The molecule has 5 heteroatoms. The number of anilines is 2. The molecule has 1 rings (SSSR count). The maximum Gasteiger partial charge on any atom is 0.123 e. The van der Waals surface area contributed by atoms with E-state index in [0.717, 1.165) is 5.69 Å². The van der Waals surface area contributed by atoms with Crippen LogP contribution in [0.2, 0.25) is 0 Å². The molecule has 0 amide bonds. The van der Waals surface area contributed by atoms with Crippen LogP contribution in [0.3, 0.4) is 0 Å². The van der Waals surface area contributed by atoms with Gasteiger partial charge in [0.15, 0.2) is 0 Å². The Balaban J connectivity index is 2.31. The first kappa shape index (κ1) is 11.0. The highest BCUT2D eigenvalue weighted by molar-refractivity contribution is 7.84. The fraction of sp³-hybridized carbons (Fsp3) is 0.444. The summed E-state index contributed by atoms with van der Waals surface area (Å²) in [5.74, 6) is 1.88. The molecule has 3 N–H and O–H groups in total. The van der Waals surface area contributed by atoms with Crippen molar-refractivity contribution >= 4 is 22.3 Å². The van der Waals surface area contributed by atoms with Gasteiger partial charge in [0, 0.05) is 28.9 Å². The molecule has 1 unspecified atom stereocenters. The number of nitrogens with one attached hydrogen (secondary N) is 1. The molecule has 1 atom stereocenters. The average Bonchev–Trinajstić information content (AvgIpc) is 2.21. The molecule has 0 aliphatic carbocycles. The predicted octanol–water partition coefficient (Wildman–Crippen LogP) is 0.844. The van der Waals surface area contributed by atoms with Gasteiger partial charge in [-0.2, -0.15) is 0 Å². The zero-order valence-electron chi connectivity index (χ0n) is 8.19. The third-order valence-electron chi connectivity index (χ3n) is 1.77. The van der Waals surface area contributed by atoms with Crippen LogP contribution >= 0.6 is 0 Å². The van der Waals surface area contributed by atoms with E-state index in [0.29, 0.717) is 23.9 Å². The van der Waals surface area contributed by atoms with Crippen molar-refractivity contribution in [2.24, 2.45) is 0 Å². The zero-order valence-corrected chi connectivity index (χ0v) is 9.01. The van der Waals surface area contributed by atoms with Crippen molar-refractivity contribution in [1.82, 2.24) is 4.98 Å². The summed E-state index contributed by atoms with van der Waals surface area (Å²) in [7, 11) is -0.713. The van der Waals surface area contributed by atoms with Crippen LogP contribution < -0.4 is 11.1 Å². The van der Waals surface area contributed by atoms with E-state index in [4.69, 9.17) is 5.73 Å². The first-order valence-electron chi connectivity index (χ1n) is 4.52. The Morgan fingerprint density at radius 3 is 2.93 bits per heavy atom. The molecule has 1 aromatic heterocycles. The average molecular weight is 213 g/mol. The number of nitrogen functional groups attached to an aromatic ring is 1. The number of nitrogens with two attached hydrogens (primary N) is 1. The molecule has 0 aliphatic rings. The SMILES string of the molecule is CCS(=O)CCNc1ccc(N)nc1. The van der Waals surface area contributed by atoms with E-state index in [9.17, 15) is 4.21 Å². The smallest absolute Gasteiger partial charge is 0.123 e. The second-order valence-electron chi connectivity index (χ2n) is 2.83. The van der Waals surface area contributed by atoms with Crippen molar-refractivity contribution in [2.75, 3.05) is 29.1 Å². The third kappa shape index (κ3) is 3.74. The molecular formula is C9H15N3OS. The molecule has 4 nitrogen and oxygen atoms in total. The molecule has 0 saturated carbocycles. The lowest BCUT2D eigenvalue weighted by Gasteiger charge is -2.04. The van der Waals surface area contributed by atoms with Gasteiger partial charge in [-0.05, 0) is 12.1 Å². The van der Waals surface area contributed by atoms with Gasteiger partial charge in [0.05, 0.1) is 11.9 Å². The van der Waals surface area contributed by atoms with E-state index in [1.54, 1.807) is 12.3 Å². The van der Waals surface area contributed by atoms with Gasteiger partial charge in [-0.25, -0.2) is 4.98 Å². The van der Waals surface area contributed by atoms with Crippen LogP contribution in [-0.2, 0) is 10.8 Å². The fourth-order valence-electron chi connectivity index (χ4n) is 0.963. The highest BCUT2D eigenvalue weighted by Crippen LogP contribution is 2.05. The number of pyridine rings is 1. The summed E-state index contributed by atoms with van der Waals surface area (Å²) in [6.45, 7) is 2.62. The number of hydrogen-bond donors (Lipinski definition) is 2. The van der Waals surface area contributed by atoms with E-state index in [2.05, 4.69) is 10.3 Å². The summed E-state index contributed by atoms with van der Waals surface area (Å²) in [6.07, 6.45) is 1.67. The minimum absolute atomic E-state index is 0.507. The predicted molar refractivity (Wildman–Crippen MR) is 60.7 cm³/mol. The van der Waals surface area contributed by atoms with Crippen molar-refractivity contribution in [1.29, 1.82) is 0 Å². The molecule has 1 aromatic rings. The van der Waals surface area contributed by atoms with E-state index in [1.807, 2.05) is 13.0 Å². The first-order chi connectivity index (χ1) is 6.72. The first-order valence-corrected chi connectivity index (χ1v) is 6.01. The van der Waals surface area contributed by atoms with Crippen molar-refractivity contribution < 1.29 is 4.21 Å². The Morgan fingerprint density at radius 2 is 2.36 bits per heavy atom. The van der Waals surface area contributed by atoms with Gasteiger partial charge in [-0.15, -0.1) is 0 Å². The third-order valence-corrected chi connectivity index (χ3v) is 3.07. The second kappa shape index (κ2) is 5.59. The van der Waals surface area contributed by atoms with Crippen LogP contribution in [0.5, 0.6) is 0 Å². The lowest BCUT2D eigenvalue weighted by Crippen LogP contribution is -2.12. The Labute approximate surface area is 86.4 Å². The van der Waals surface area contributed by atoms with Crippen molar-refractivity contribution in [3.8, 4) is 0 Å². The van der Waals surface area contributed by atoms with E-state index in [-0.39, 0.29) is 0 Å². The number of aromatic nitrogens is 1. The minimum Gasteiger partial charge on any atom is -0.384 e. The Hall–Kier alpha value is -1.10. The largest absolute Gasteiger partial charge is 0.384 e. The van der Waals surface area contributed by atoms with Crippen LogP contribution in [0.25, 0.3) is 0 Å². The summed E-state index contributed by atoms with van der Waals surface area (Å²) in [6, 6.07) is 3.59. The van der Waals surface area contributed by atoms with Gasteiger partial charge in [-0.1, -0.05) is 6.92 Å². The van der Waals surface area contributed by atoms with E-state index >= 15 is 0 Å². The molecule has 0 aromatic carbocycles. The molecule has 78 valence electrons. The van der Waals surface area contributed by atoms with Crippen molar-refractivity contribution in [3.63, 3.8) is 0 Å². The van der Waals surface area contributed by atoms with E-state index in [1.165, 1.54) is 0 Å². The van der Waals surface area contributed by atoms with Gasteiger partial charge < -0.3 is 11.1 Å². The quantitative estimate of drug-likeness (QED) is 0.760. The number of hydrogen-bond acceptors (Lipinski definition) is 4. The van der Waals surface area contributed by atoms with Gasteiger partial charge in [0.1, 0.15) is 5.82 Å². The lowest BCUT2D eigenvalue weighted by atomic mass is 10.4. The van der Waals surface area contributed by atoms with Crippen molar-refractivity contribution in [3.05, 3.63) is 18.3 Å². The molecule has 0 aliphatic heterocycles. The molecule has 0 saturated heterocycles. The summed E-state index contributed by atoms with van der Waals surface area (Å²) in [5, 5.41) is 3.13. The zero-order chi connectivity index (χ0) is 10.4. The second-order valence-corrected chi connectivity index (χ2v) is 4.70. The topological polar surface area (TPSA) is 68.0 Å². The lowest BCUT2D eigenvalue weighted by molar-refractivity contribution is 0.684. The highest BCUT2D eigenvalue weighted by Gasteiger charge is 1.96. The van der Waals surface area contributed by atoms with Crippen LogP contribution in [0.4, 0.5) is 11.5 Å². The molecule has 0 spiro atoms. The van der Waals surface area contributed by atoms with Gasteiger partial charge in [0.2, 0.25) is 0 Å². The summed E-state index contributed by atoms with van der Waals surface area (Å²) in [5.41, 5.74) is 6.35. The van der Waals surface area contributed by atoms with Crippen LogP contribution in [0.15, 0.2) is 18.3 Å². The minimum atomic E-state index is -0.713. The Kier molecular flexibility index (Phi) is 4.39. The summed E-state index contributed by atoms with van der Waals surface area (Å²) in [4.78, 5) is 3.94. The molecule has 0 bridgehead atoms. The van der Waals surface area contributed by atoms with E-state index < -0.39 is 10.8 Å². The summed E-state index contributed by atoms with van der Waals surface area (Å²) < 4.78 is 11.1. The standard InChI is InChI=1S/C9H15N3OS/c1-2-14(13)6-5-11-8-3-4-9(10)12-7-8/h3-4,7,11H,2,5-6H2,1H3,(H2,10,12). The monoisotopic (exact) mass is 213 g/mol. The van der Waals surface area contributed by atoms with Gasteiger partial charge in [-0.3, -0.25) is 4.21 Å². The molecule has 1 heterocycles. The molecule has 0 radical (unpaired) electrons. The van der Waals surface area contributed by atoms with Crippen molar-refractivity contribution in [2.45, 2.75) is 6.92 Å². The molecule has 14 heavy (non-hydrogen) atoms. The van der Waals surface area contributed by atoms with Gasteiger partial charge >= 0.3 is 0 Å². The molecular weight excluding hydrogens is 198 g/mol. The normalized spacial score (nSPS) is 12.4. The Bertz CT molecular complexity index is 299. The summed E-state index contributed by atoms with van der Waals surface area (Å²) >= 11 is 0. The maximum absolute atomic E-state index is 11.1. The van der Waals surface area contributed by atoms with Gasteiger partial charge in [0.25, 0.3) is 0 Å². The van der Waals surface area contributed by atoms with Crippen LogP contribution in [-0.4, -0.2) is 27.2 Å². The number of rotatable bonds is 5. The fourth-order valence-corrected chi connectivity index (χ4v) is 1.58. The molecule has 0 fully saturated rings. The maximum atomic E-state index is 11.1. The highest BCUT2D eigenvalue weighted by atomic mass is 32.2.